The van der Waals surface area contributed by atoms with Crippen molar-refractivity contribution in [1.82, 2.24) is 19.9 Å². The number of aromatic nitrogens is 4. The Morgan fingerprint density at radius 2 is 1.38 bits per heavy atom. The van der Waals surface area contributed by atoms with Gasteiger partial charge in [-0.15, -0.1) is 0 Å². The van der Waals surface area contributed by atoms with Gasteiger partial charge in [0.15, 0.2) is 0 Å². The SMILES string of the molecule is II.Nc1ccc(Cl)nc1.Nc1cnc(Cl)cc1I.O=C(O)c1cc2cc(Cl)ncc2[nH]1.[I][V]([I])[I].[I][V][I]. The topological polar surface area (TPSA) is 144 Å². The minimum absolute atomic E-state index is 0.138. The average Bonchev–Trinajstić information content (AvgIpc) is 3.30. The normalized spacial score (nSPS) is 9.03. The third-order valence-electron chi connectivity index (χ3n) is 3.30. The maximum atomic E-state index is 10.6. The molecule has 6 N–H and O–H groups in total. The fraction of sp³-hybridized carbons (Fsp3) is 0. The van der Waals surface area contributed by atoms with Crippen molar-refractivity contribution in [3.63, 3.8) is 0 Å². The molecule has 0 fully saturated rings. The summed E-state index contributed by atoms with van der Waals surface area (Å²) in [6, 6.07) is 8.20. The molecule has 8 nitrogen and oxygen atoms in total. The third kappa shape index (κ3) is 24.8. The average molecular weight is 1570 g/mol. The predicted molar refractivity (Wildman–Crippen MR) is 226 cm³/mol. The number of anilines is 2. The number of fused-ring (bicyclic) bond motifs is 1. The molecule has 0 unspecified atom stereocenters. The molecule has 4 heterocycles. The van der Waals surface area contributed by atoms with Crippen LogP contribution in [0.15, 0.2) is 48.9 Å². The van der Waals surface area contributed by atoms with Gasteiger partial charge in [-0.25, -0.2) is 19.7 Å². The second-order valence-corrected chi connectivity index (χ2v) is 55.3. The van der Waals surface area contributed by atoms with Crippen molar-refractivity contribution in [3.05, 3.63) is 73.6 Å². The molecule has 0 aliphatic rings. The van der Waals surface area contributed by atoms with E-state index in [-0.39, 0.29) is 10.6 Å². The summed E-state index contributed by atoms with van der Waals surface area (Å²) in [5.41, 5.74) is 12.9. The van der Waals surface area contributed by atoms with E-state index in [4.69, 9.17) is 51.4 Å². The Hall–Kier alpha value is 3.94. The molecular formula is C18H14Cl3I8N6O2V2. The number of pyridine rings is 3. The van der Waals surface area contributed by atoms with E-state index >= 15 is 0 Å². The van der Waals surface area contributed by atoms with E-state index in [1.54, 1.807) is 30.5 Å². The fourth-order valence-electron chi connectivity index (χ4n) is 1.93. The van der Waals surface area contributed by atoms with Crippen LogP contribution < -0.4 is 11.5 Å². The Kier molecular flexibility index (Phi) is 32.6. The van der Waals surface area contributed by atoms with Gasteiger partial charge in [-0.2, -0.15) is 0 Å². The first kappa shape index (κ1) is 45.1. The molecule has 0 spiro atoms. The van der Waals surface area contributed by atoms with Crippen LogP contribution in [0, 0.1) is 3.57 Å². The fourth-order valence-corrected chi connectivity index (χ4v) is 2.98. The standard InChI is InChI=1S/C8H5ClN2O2.C5H4ClIN2.C5H5ClN2.I2.5HI.2V/c9-7-2-4-1-5(8(12)13)11-6(4)3-10-7;6-5-1-3(7)4(8)2-9-5;6-5-2-1-4(7)3-8-5;1-2;;;;;;;/h1-3,11H,(H,12,13);1-2H,8H2;1-3H,7H2;;5*1H;;/q;;;;;;;;;+2;+3/p-5. The minimum atomic E-state index is -0.993. The summed E-state index contributed by atoms with van der Waals surface area (Å²) in [6.07, 6.45) is 4.57. The Morgan fingerprint density at radius 1 is 0.897 bits per heavy atom. The predicted octanol–water partition coefficient (Wildman–Crippen LogP) is 11.3. The van der Waals surface area contributed by atoms with E-state index in [0.29, 0.717) is 41.8 Å². The number of H-pyrrole nitrogens is 1. The molecule has 4 aromatic rings. The Bertz CT molecular complexity index is 1230. The molecule has 0 aromatic carbocycles. The van der Waals surface area contributed by atoms with Crippen LogP contribution in [-0.4, -0.2) is 31.0 Å². The van der Waals surface area contributed by atoms with Gasteiger partial charge in [-0.1, -0.05) is 34.8 Å². The maximum absolute atomic E-state index is 10.6. The zero-order chi connectivity index (χ0) is 30.5. The van der Waals surface area contributed by atoms with Crippen LogP contribution in [0.3, 0.4) is 0 Å². The number of nitrogens with two attached hydrogens (primary N) is 2. The molecular weight excluding hydrogens is 1560 g/mol. The summed E-state index contributed by atoms with van der Waals surface area (Å²) in [5.74, 6) is -0.993. The van der Waals surface area contributed by atoms with Gasteiger partial charge in [0.2, 0.25) is 0 Å². The van der Waals surface area contributed by atoms with E-state index in [1.807, 2.05) is 0 Å². The second-order valence-electron chi connectivity index (χ2n) is 5.78. The van der Waals surface area contributed by atoms with E-state index in [1.165, 1.54) is 18.5 Å². The number of carboxylic acid groups (broad SMARTS) is 1. The molecule has 0 saturated carbocycles. The number of rotatable bonds is 1. The summed E-state index contributed by atoms with van der Waals surface area (Å²) in [5, 5.41) is 10.7. The number of nitrogens with one attached hydrogen (secondary N) is 1. The van der Waals surface area contributed by atoms with Crippen molar-refractivity contribution >= 4 is 223 Å². The number of nitrogen functional groups attached to an aromatic ring is 2. The van der Waals surface area contributed by atoms with Crippen molar-refractivity contribution < 1.29 is 24.3 Å². The van der Waals surface area contributed by atoms with Crippen molar-refractivity contribution in [2.24, 2.45) is 0 Å². The number of aromatic amines is 1. The number of hydrogen-bond donors (Lipinski definition) is 4. The van der Waals surface area contributed by atoms with Crippen LogP contribution in [0.25, 0.3) is 10.9 Å². The monoisotopic (exact) mass is 1570 g/mol. The van der Waals surface area contributed by atoms with E-state index < -0.39 is 5.97 Å². The van der Waals surface area contributed by atoms with Crippen molar-refractivity contribution in [3.8, 4) is 0 Å². The number of halogens is 11. The van der Waals surface area contributed by atoms with Crippen molar-refractivity contribution in [2.75, 3.05) is 11.5 Å². The molecule has 4 aromatic heterocycles. The number of aromatic carboxylic acids is 1. The molecule has 215 valence electrons. The van der Waals surface area contributed by atoms with Crippen LogP contribution >= 0.6 is 195 Å². The number of carbonyl (C=O) groups is 1. The van der Waals surface area contributed by atoms with Gasteiger partial charge in [0.1, 0.15) is 21.2 Å². The quantitative estimate of drug-likeness (QED) is 0.110. The molecule has 0 amide bonds. The molecule has 0 saturated heterocycles. The summed E-state index contributed by atoms with van der Waals surface area (Å²) in [6.45, 7) is 0. The van der Waals surface area contributed by atoms with Gasteiger partial charge in [0.25, 0.3) is 0 Å². The molecule has 0 atom stereocenters. The Morgan fingerprint density at radius 3 is 1.79 bits per heavy atom. The number of nitrogens with zero attached hydrogens (tertiary/aromatic N) is 3. The third-order valence-corrected chi connectivity index (χ3v) is 4.87. The Balaban J connectivity index is 0. The van der Waals surface area contributed by atoms with E-state index in [2.05, 4.69) is 180 Å². The van der Waals surface area contributed by atoms with Crippen LogP contribution in [0.4, 0.5) is 11.4 Å². The van der Waals surface area contributed by atoms with Gasteiger partial charge >= 0.3 is 120 Å². The molecule has 4 rings (SSSR count). The molecule has 21 heteroatoms. The molecule has 0 bridgehead atoms. The zero-order valence-electron chi connectivity index (χ0n) is 18.5. The molecule has 0 aliphatic heterocycles. The van der Waals surface area contributed by atoms with Gasteiger partial charge in [0, 0.05) is 46.2 Å². The van der Waals surface area contributed by atoms with Crippen LogP contribution in [0.5, 0.6) is 0 Å². The van der Waals surface area contributed by atoms with E-state index in [9.17, 15) is 4.79 Å². The van der Waals surface area contributed by atoms with Crippen LogP contribution in [0.1, 0.15) is 10.5 Å². The first-order chi connectivity index (χ1) is 18.3. The first-order valence-corrected chi connectivity index (χ1v) is 40.0. The number of hydrogen-bond acceptors (Lipinski definition) is 6. The summed E-state index contributed by atoms with van der Waals surface area (Å²) >= 11 is 35.1. The molecule has 0 aliphatic carbocycles. The zero-order valence-corrected chi connectivity index (χ0v) is 40.8. The number of carboxylic acids is 1. The summed E-state index contributed by atoms with van der Waals surface area (Å²) in [4.78, 5) is 24.3. The van der Waals surface area contributed by atoms with Gasteiger partial charge in [-0.3, -0.25) is 0 Å². The first-order valence-electron chi connectivity index (χ1n) is 8.95. The van der Waals surface area contributed by atoms with Crippen molar-refractivity contribution in [2.45, 2.75) is 0 Å². The van der Waals surface area contributed by atoms with Crippen LogP contribution in [-0.2, 0) is 14.4 Å². The van der Waals surface area contributed by atoms with Crippen molar-refractivity contribution in [1.29, 1.82) is 0 Å². The second kappa shape index (κ2) is 28.2. The van der Waals surface area contributed by atoms with Gasteiger partial charge in [0.05, 0.1) is 35.5 Å². The van der Waals surface area contributed by atoms with Crippen LogP contribution in [0.2, 0.25) is 15.5 Å². The van der Waals surface area contributed by atoms with Gasteiger partial charge < -0.3 is 21.6 Å². The van der Waals surface area contributed by atoms with E-state index in [0.717, 1.165) is 8.96 Å². The molecule has 39 heavy (non-hydrogen) atoms. The Labute approximate surface area is 344 Å². The summed E-state index contributed by atoms with van der Waals surface area (Å²) in [7, 11) is 0.628. The summed E-state index contributed by atoms with van der Waals surface area (Å²) < 4.78 is 0.938. The van der Waals surface area contributed by atoms with Gasteiger partial charge in [-0.05, 0) is 52.9 Å². The molecule has 0 radical (unpaired) electrons.